The predicted octanol–water partition coefficient (Wildman–Crippen LogP) is 3.12. The number of carboxylic acid groups (broad SMARTS) is 1. The van der Waals surface area contributed by atoms with Crippen molar-refractivity contribution in [2.24, 2.45) is 0 Å². The summed E-state index contributed by atoms with van der Waals surface area (Å²) in [5.74, 6) is 0.320. The van der Waals surface area contributed by atoms with Crippen molar-refractivity contribution in [3.63, 3.8) is 0 Å². The van der Waals surface area contributed by atoms with Crippen LogP contribution in [0.5, 0.6) is 5.75 Å². The van der Waals surface area contributed by atoms with Gasteiger partial charge in [0.2, 0.25) is 0 Å². The zero-order chi connectivity index (χ0) is 16.7. The highest BCUT2D eigenvalue weighted by Crippen LogP contribution is 2.26. The Bertz CT molecular complexity index is 671. The number of hydrogen-bond acceptors (Lipinski definition) is 4. The van der Waals surface area contributed by atoms with Crippen molar-refractivity contribution >= 4 is 23.4 Å². The van der Waals surface area contributed by atoms with Gasteiger partial charge in [-0.05, 0) is 24.6 Å². The van der Waals surface area contributed by atoms with E-state index in [2.05, 4.69) is 9.97 Å². The number of nitrogens with one attached hydrogen (secondary N) is 1. The Morgan fingerprint density at radius 2 is 2.13 bits per heavy atom. The lowest BCUT2D eigenvalue weighted by Crippen LogP contribution is -2.04. The molecule has 1 aromatic heterocycles. The van der Waals surface area contributed by atoms with Crippen LogP contribution < -0.4 is 4.74 Å². The molecule has 1 aromatic carbocycles. The second-order valence-electron chi connectivity index (χ2n) is 4.95. The van der Waals surface area contributed by atoms with Crippen LogP contribution in [0, 0.1) is 0 Å². The number of rotatable bonds is 9. The third-order valence-electron chi connectivity index (χ3n) is 3.19. The Morgan fingerprint density at radius 3 is 2.78 bits per heavy atom. The number of aromatic amines is 1. The summed E-state index contributed by atoms with van der Waals surface area (Å²) in [6, 6.07) is 4.85. The number of Topliss-reactive ketones (excluding diaryl/α,β-unsaturated/α-hetero) is 1. The van der Waals surface area contributed by atoms with E-state index in [0.717, 1.165) is 5.82 Å². The Balaban J connectivity index is 1.87. The van der Waals surface area contributed by atoms with Crippen LogP contribution in [0.15, 0.2) is 30.6 Å². The highest BCUT2D eigenvalue weighted by molar-refractivity contribution is 6.32. The molecule has 0 aliphatic rings. The van der Waals surface area contributed by atoms with Gasteiger partial charge in [-0.25, -0.2) is 4.98 Å². The van der Waals surface area contributed by atoms with Gasteiger partial charge in [-0.3, -0.25) is 9.59 Å². The molecular formula is C16H17ClN2O4. The van der Waals surface area contributed by atoms with E-state index in [9.17, 15) is 9.59 Å². The molecule has 2 rings (SSSR count). The van der Waals surface area contributed by atoms with Crippen LogP contribution in [0.2, 0.25) is 5.02 Å². The molecule has 0 bridgehead atoms. The topological polar surface area (TPSA) is 92.3 Å². The Hall–Kier alpha value is -2.34. The van der Waals surface area contributed by atoms with Crippen LogP contribution in [0.3, 0.4) is 0 Å². The van der Waals surface area contributed by atoms with Gasteiger partial charge in [0.1, 0.15) is 11.6 Å². The van der Waals surface area contributed by atoms with Gasteiger partial charge < -0.3 is 14.8 Å². The Morgan fingerprint density at radius 1 is 1.30 bits per heavy atom. The molecule has 0 unspecified atom stereocenters. The predicted molar refractivity (Wildman–Crippen MR) is 85.1 cm³/mol. The van der Waals surface area contributed by atoms with E-state index in [4.69, 9.17) is 21.4 Å². The number of halogens is 1. The minimum Gasteiger partial charge on any atom is -0.492 e. The molecule has 0 aliphatic heterocycles. The maximum absolute atomic E-state index is 12.1. The van der Waals surface area contributed by atoms with Crippen LogP contribution in [0.1, 0.15) is 35.4 Å². The normalized spacial score (nSPS) is 10.5. The lowest BCUT2D eigenvalue weighted by atomic mass is 10.1. The smallest absolute Gasteiger partial charge is 0.303 e. The third-order valence-corrected chi connectivity index (χ3v) is 3.49. The van der Waals surface area contributed by atoms with E-state index in [1.165, 1.54) is 0 Å². The molecule has 122 valence electrons. The fourth-order valence-electron chi connectivity index (χ4n) is 2.01. The molecule has 2 N–H and O–H groups in total. The zero-order valence-electron chi connectivity index (χ0n) is 12.4. The van der Waals surface area contributed by atoms with E-state index in [1.54, 1.807) is 30.6 Å². The monoisotopic (exact) mass is 336 g/mol. The summed E-state index contributed by atoms with van der Waals surface area (Å²) >= 11 is 6.10. The number of H-pyrrole nitrogens is 1. The van der Waals surface area contributed by atoms with Gasteiger partial charge in [-0.1, -0.05) is 11.6 Å². The van der Waals surface area contributed by atoms with E-state index >= 15 is 0 Å². The van der Waals surface area contributed by atoms with Crippen LogP contribution >= 0.6 is 11.6 Å². The Labute approximate surface area is 138 Å². The first-order valence-electron chi connectivity index (χ1n) is 7.22. The quantitative estimate of drug-likeness (QED) is 0.542. The number of hydrogen-bond donors (Lipinski definition) is 2. The van der Waals surface area contributed by atoms with Crippen molar-refractivity contribution in [2.75, 3.05) is 6.61 Å². The first-order valence-corrected chi connectivity index (χ1v) is 7.59. The van der Waals surface area contributed by atoms with Crippen molar-refractivity contribution in [3.05, 3.63) is 47.0 Å². The van der Waals surface area contributed by atoms with Crippen molar-refractivity contribution < 1.29 is 19.4 Å². The number of ketones is 1. The van der Waals surface area contributed by atoms with E-state index in [0.29, 0.717) is 35.6 Å². The maximum Gasteiger partial charge on any atom is 0.303 e. The first-order chi connectivity index (χ1) is 11.1. The number of aromatic nitrogens is 2. The molecule has 0 amide bonds. The van der Waals surface area contributed by atoms with Crippen molar-refractivity contribution in [1.29, 1.82) is 0 Å². The molecule has 6 nitrogen and oxygen atoms in total. The lowest BCUT2D eigenvalue weighted by molar-refractivity contribution is -0.137. The summed E-state index contributed by atoms with van der Waals surface area (Å²) in [5.41, 5.74) is 0.513. The SMILES string of the molecule is O=C(O)CCCOc1ccc(C(=O)CCc2ncc[nH]2)cc1Cl. The van der Waals surface area contributed by atoms with Gasteiger partial charge >= 0.3 is 5.97 Å². The molecule has 7 heteroatoms. The summed E-state index contributed by atoms with van der Waals surface area (Å²) < 4.78 is 5.42. The molecule has 0 saturated heterocycles. The average Bonchev–Trinajstić information content (AvgIpc) is 3.03. The number of aliphatic carboxylic acids is 1. The molecule has 0 radical (unpaired) electrons. The summed E-state index contributed by atoms with van der Waals surface area (Å²) in [6.45, 7) is 0.262. The largest absolute Gasteiger partial charge is 0.492 e. The first kappa shape index (κ1) is 17.0. The summed E-state index contributed by atoms with van der Waals surface area (Å²) in [4.78, 5) is 29.6. The van der Waals surface area contributed by atoms with Crippen molar-refractivity contribution in [2.45, 2.75) is 25.7 Å². The van der Waals surface area contributed by atoms with Crippen LogP contribution in [-0.4, -0.2) is 33.4 Å². The second-order valence-corrected chi connectivity index (χ2v) is 5.36. The second kappa shape index (κ2) is 8.33. The summed E-state index contributed by atoms with van der Waals surface area (Å²) in [6.07, 6.45) is 4.68. The number of ether oxygens (including phenoxy) is 1. The van der Waals surface area contributed by atoms with Crippen LogP contribution in [0.25, 0.3) is 0 Å². The molecule has 0 saturated carbocycles. The van der Waals surface area contributed by atoms with Gasteiger partial charge in [-0.15, -0.1) is 0 Å². The van der Waals surface area contributed by atoms with Crippen LogP contribution in [0.4, 0.5) is 0 Å². The van der Waals surface area contributed by atoms with Crippen molar-refractivity contribution in [1.82, 2.24) is 9.97 Å². The van der Waals surface area contributed by atoms with Crippen molar-refractivity contribution in [3.8, 4) is 5.75 Å². The van der Waals surface area contributed by atoms with E-state index in [-0.39, 0.29) is 18.8 Å². The lowest BCUT2D eigenvalue weighted by Gasteiger charge is -2.08. The molecule has 0 fully saturated rings. The fraction of sp³-hybridized carbons (Fsp3) is 0.312. The molecule has 1 heterocycles. The number of benzene rings is 1. The molecule has 23 heavy (non-hydrogen) atoms. The maximum atomic E-state index is 12.1. The minimum absolute atomic E-state index is 0.0271. The number of carbonyl (C=O) groups is 2. The molecular weight excluding hydrogens is 320 g/mol. The highest BCUT2D eigenvalue weighted by Gasteiger charge is 2.10. The molecule has 2 aromatic rings. The number of nitrogens with zero attached hydrogens (tertiary/aromatic N) is 1. The molecule has 0 aliphatic carbocycles. The average molecular weight is 337 g/mol. The summed E-state index contributed by atoms with van der Waals surface area (Å²) in [7, 11) is 0. The van der Waals surface area contributed by atoms with Gasteiger partial charge in [0.15, 0.2) is 5.78 Å². The van der Waals surface area contributed by atoms with Gasteiger partial charge in [0.25, 0.3) is 0 Å². The number of carbonyl (C=O) groups excluding carboxylic acids is 1. The van der Waals surface area contributed by atoms with E-state index < -0.39 is 5.97 Å². The summed E-state index contributed by atoms with van der Waals surface area (Å²) in [5, 5.41) is 8.89. The van der Waals surface area contributed by atoms with Gasteiger partial charge in [-0.2, -0.15) is 0 Å². The van der Waals surface area contributed by atoms with Gasteiger partial charge in [0, 0.05) is 37.2 Å². The standard InChI is InChI=1S/C16H17ClN2O4/c17-12-10-11(13(20)4-6-15-18-7-8-19-15)3-5-14(12)23-9-1-2-16(21)22/h3,5,7-8,10H,1-2,4,6,9H2,(H,18,19)(H,21,22). The number of carboxylic acids is 1. The number of imidazole rings is 1. The van der Waals surface area contributed by atoms with Gasteiger partial charge in [0.05, 0.1) is 11.6 Å². The van der Waals surface area contributed by atoms with E-state index in [1.807, 2.05) is 0 Å². The zero-order valence-corrected chi connectivity index (χ0v) is 13.2. The molecule has 0 spiro atoms. The number of aryl methyl sites for hydroxylation is 1. The Kier molecular flexibility index (Phi) is 6.17. The third kappa shape index (κ3) is 5.41. The molecule has 0 atom stereocenters. The minimum atomic E-state index is -0.864. The van der Waals surface area contributed by atoms with Crippen LogP contribution in [-0.2, 0) is 11.2 Å². The highest BCUT2D eigenvalue weighted by atomic mass is 35.5. The fourth-order valence-corrected chi connectivity index (χ4v) is 2.24.